The Labute approximate surface area is 299 Å². The van der Waals surface area contributed by atoms with Crippen LogP contribution >= 0.6 is 0 Å². The quantitative estimate of drug-likeness (QED) is 0.0462. The molecule has 0 saturated carbocycles. The molecule has 1 aliphatic rings. The first-order valence-electron chi connectivity index (χ1n) is 17.4. The Morgan fingerprint density at radius 3 is 1.61 bits per heavy atom. The number of aliphatic carboxylic acids is 1. The number of nitrogens with one attached hydrogen (secondary N) is 6. The Bertz CT molecular complexity index is 1220. The molecule has 0 radical (unpaired) electrons. The summed E-state index contributed by atoms with van der Waals surface area (Å²) in [7, 11) is 0. The summed E-state index contributed by atoms with van der Waals surface area (Å²) < 4.78 is 0. The smallest absolute Gasteiger partial charge is 0.305 e. The summed E-state index contributed by atoms with van der Waals surface area (Å²) >= 11 is 0. The second kappa shape index (κ2) is 23.0. The summed E-state index contributed by atoms with van der Waals surface area (Å²) in [6.45, 7) is 6.27. The minimum absolute atomic E-state index is 0.0467. The molecule has 5 atom stereocenters. The number of aliphatic imine (C=N–C) groups is 1. The van der Waals surface area contributed by atoms with Gasteiger partial charge in [-0.2, -0.15) is 0 Å². The number of carboxylic acids is 1. The van der Waals surface area contributed by atoms with E-state index in [1.54, 1.807) is 0 Å². The van der Waals surface area contributed by atoms with Crippen LogP contribution in [-0.2, 0) is 33.6 Å². The number of carboxylic acid groups (broad SMARTS) is 1. The molecule has 6 amide bonds. The highest BCUT2D eigenvalue weighted by Crippen LogP contribution is 2.21. The number of nitrogens with zero attached hydrogens (tertiary/aromatic N) is 1. The molecule has 0 unspecified atom stereocenters. The van der Waals surface area contributed by atoms with Gasteiger partial charge in [-0.3, -0.25) is 38.6 Å². The molecule has 19 heteroatoms. The van der Waals surface area contributed by atoms with Gasteiger partial charge in [0.1, 0.15) is 30.2 Å². The number of hydrogen-bond donors (Lipinski definition) is 11. The highest BCUT2D eigenvalue weighted by Gasteiger charge is 2.34. The molecule has 0 aromatic heterocycles. The van der Waals surface area contributed by atoms with Gasteiger partial charge in [-0.25, -0.2) is 0 Å². The number of nitrogens with two attached hydrogens (primary N) is 4. The van der Waals surface area contributed by atoms with Gasteiger partial charge in [0.15, 0.2) is 5.96 Å². The van der Waals surface area contributed by atoms with Crippen molar-refractivity contribution in [1.29, 1.82) is 0 Å². The topological polar surface area (TPSA) is 328 Å². The highest BCUT2D eigenvalue weighted by molar-refractivity contribution is 5.97. The van der Waals surface area contributed by atoms with Gasteiger partial charge >= 0.3 is 5.97 Å². The van der Waals surface area contributed by atoms with E-state index in [1.807, 2.05) is 20.8 Å². The van der Waals surface area contributed by atoms with E-state index < -0.39 is 83.5 Å². The number of carbonyl (C=O) groups excluding carboxylic acids is 6. The third-order valence-corrected chi connectivity index (χ3v) is 7.87. The number of carbonyl (C=O) groups is 7. The molecule has 0 aliphatic carbocycles. The van der Waals surface area contributed by atoms with Gasteiger partial charge < -0.3 is 59.9 Å². The zero-order valence-corrected chi connectivity index (χ0v) is 30.1. The maximum Gasteiger partial charge on any atom is 0.305 e. The van der Waals surface area contributed by atoms with Crippen LogP contribution in [0.25, 0.3) is 0 Å². The van der Waals surface area contributed by atoms with E-state index in [-0.39, 0.29) is 57.6 Å². The molecule has 1 heterocycles. The molecule has 1 rings (SSSR count). The van der Waals surface area contributed by atoms with Gasteiger partial charge in [-0.05, 0) is 76.3 Å². The van der Waals surface area contributed by atoms with Crippen molar-refractivity contribution in [2.45, 2.75) is 122 Å². The lowest BCUT2D eigenvalue weighted by Crippen LogP contribution is -2.59. The van der Waals surface area contributed by atoms with E-state index >= 15 is 0 Å². The number of unbranched alkanes of at least 4 members (excludes halogenated alkanes) is 2. The standard InChI is InChI=1S/C32H59N11O8/c1-32(2,3)18-23-26(47)37-16-12-24(44)39-19(9-4-6-13-33)27(48)42-22(17-25(45)46)30(51)41-20(10-5-7-14-34)28(49)40-21(29(50)43-23)11-8-15-38-31(35)36/h19-23H,4-18,33-34H2,1-3H3,(H,37,47)(H,39,44)(H,40,49)(H,41,51)(H,42,48)(H,43,50)(H,45,46)(H4,35,36,38)/t19-,20-,21-,22-,23-/m0/s1. The van der Waals surface area contributed by atoms with Crippen LogP contribution in [-0.4, -0.2) is 109 Å². The molecule has 1 saturated heterocycles. The predicted molar refractivity (Wildman–Crippen MR) is 189 cm³/mol. The summed E-state index contributed by atoms with van der Waals surface area (Å²) in [5, 5.41) is 25.2. The summed E-state index contributed by atoms with van der Waals surface area (Å²) in [4.78, 5) is 96.4. The maximum absolute atomic E-state index is 13.7. The normalized spacial score (nSPS) is 23.2. The van der Waals surface area contributed by atoms with E-state index in [4.69, 9.17) is 22.9 Å². The molecule has 1 aliphatic heterocycles. The number of rotatable bonds is 15. The zero-order chi connectivity index (χ0) is 38.6. The Morgan fingerprint density at radius 2 is 1.14 bits per heavy atom. The lowest BCUT2D eigenvalue weighted by molar-refractivity contribution is -0.141. The van der Waals surface area contributed by atoms with Gasteiger partial charge in [0.25, 0.3) is 0 Å². The first-order chi connectivity index (χ1) is 24.0. The van der Waals surface area contributed by atoms with Gasteiger partial charge in [0.2, 0.25) is 35.4 Å². The lowest BCUT2D eigenvalue weighted by atomic mass is 9.87. The summed E-state index contributed by atoms with van der Waals surface area (Å²) in [5.41, 5.74) is 21.7. The van der Waals surface area contributed by atoms with Crippen molar-refractivity contribution in [2.24, 2.45) is 33.3 Å². The maximum atomic E-state index is 13.7. The van der Waals surface area contributed by atoms with Crippen molar-refractivity contribution >= 4 is 47.4 Å². The van der Waals surface area contributed by atoms with Crippen molar-refractivity contribution in [2.75, 3.05) is 26.2 Å². The molecule has 1 fully saturated rings. The molecule has 51 heavy (non-hydrogen) atoms. The predicted octanol–water partition coefficient (Wildman–Crippen LogP) is -2.85. The largest absolute Gasteiger partial charge is 0.481 e. The fraction of sp³-hybridized carbons (Fsp3) is 0.750. The Balaban J connectivity index is 3.62. The number of amides is 6. The van der Waals surface area contributed by atoms with Crippen LogP contribution in [0.5, 0.6) is 0 Å². The second-order valence-electron chi connectivity index (χ2n) is 13.8. The number of guanidine groups is 1. The molecule has 0 spiro atoms. The van der Waals surface area contributed by atoms with Gasteiger partial charge in [0.05, 0.1) is 6.42 Å². The molecule has 0 aromatic rings. The van der Waals surface area contributed by atoms with Crippen molar-refractivity contribution in [3.05, 3.63) is 0 Å². The minimum Gasteiger partial charge on any atom is -0.481 e. The Kier molecular flexibility index (Phi) is 20.1. The zero-order valence-electron chi connectivity index (χ0n) is 30.1. The van der Waals surface area contributed by atoms with E-state index in [2.05, 4.69) is 36.9 Å². The lowest BCUT2D eigenvalue weighted by Gasteiger charge is -2.29. The number of hydrogen-bond acceptors (Lipinski definition) is 10. The summed E-state index contributed by atoms with van der Waals surface area (Å²) in [6, 6.07) is -6.28. The monoisotopic (exact) mass is 725 g/mol. The fourth-order valence-electron chi connectivity index (χ4n) is 5.28. The Hall–Kier alpha value is -4.52. The van der Waals surface area contributed by atoms with Crippen LogP contribution < -0.4 is 54.8 Å². The van der Waals surface area contributed by atoms with E-state index in [9.17, 15) is 38.7 Å². The van der Waals surface area contributed by atoms with Crippen LogP contribution in [0.3, 0.4) is 0 Å². The second-order valence-corrected chi connectivity index (χ2v) is 13.8. The van der Waals surface area contributed by atoms with Crippen LogP contribution in [0.1, 0.15) is 91.4 Å². The van der Waals surface area contributed by atoms with Crippen molar-refractivity contribution < 1.29 is 38.7 Å². The molecule has 15 N–H and O–H groups in total. The third kappa shape index (κ3) is 18.9. The molecular formula is C32H59N11O8. The first kappa shape index (κ1) is 44.5. The van der Waals surface area contributed by atoms with Crippen molar-refractivity contribution in [1.82, 2.24) is 31.9 Å². The van der Waals surface area contributed by atoms with Crippen LogP contribution in [0.15, 0.2) is 4.99 Å². The third-order valence-electron chi connectivity index (χ3n) is 7.87. The van der Waals surface area contributed by atoms with Crippen LogP contribution in [0, 0.1) is 5.41 Å². The average Bonchev–Trinajstić information content (AvgIpc) is 3.03. The highest BCUT2D eigenvalue weighted by atomic mass is 16.4. The van der Waals surface area contributed by atoms with Gasteiger partial charge in [-0.15, -0.1) is 0 Å². The summed E-state index contributed by atoms with van der Waals surface area (Å²) in [6.07, 6.45) is 1.50. The van der Waals surface area contributed by atoms with E-state index in [0.29, 0.717) is 38.8 Å². The van der Waals surface area contributed by atoms with Gasteiger partial charge in [-0.1, -0.05) is 20.8 Å². The molecule has 0 aromatic carbocycles. The summed E-state index contributed by atoms with van der Waals surface area (Å²) in [5.74, 6) is -5.93. The molecular weight excluding hydrogens is 666 g/mol. The fourth-order valence-corrected chi connectivity index (χ4v) is 5.28. The molecule has 0 bridgehead atoms. The molecule has 19 nitrogen and oxygen atoms in total. The molecule has 290 valence electrons. The van der Waals surface area contributed by atoms with Crippen molar-refractivity contribution in [3.63, 3.8) is 0 Å². The average molecular weight is 726 g/mol. The van der Waals surface area contributed by atoms with Crippen molar-refractivity contribution in [3.8, 4) is 0 Å². The minimum atomic E-state index is -1.62. The van der Waals surface area contributed by atoms with Gasteiger partial charge in [0, 0.05) is 19.5 Å². The Morgan fingerprint density at radius 1 is 0.686 bits per heavy atom. The van der Waals surface area contributed by atoms with E-state index in [0.717, 1.165) is 0 Å². The first-order valence-corrected chi connectivity index (χ1v) is 17.4. The SMILES string of the molecule is CC(C)(C)C[C@@H]1NC(=O)[C@H](CCCN=C(N)N)NC(=O)[C@H](CCCCN)NC(=O)[C@H](CC(=O)O)NC(=O)[C@H](CCCCN)NC(=O)CCNC1=O. The van der Waals surface area contributed by atoms with Crippen LogP contribution in [0.4, 0.5) is 0 Å². The van der Waals surface area contributed by atoms with E-state index in [1.165, 1.54) is 0 Å². The van der Waals surface area contributed by atoms with Crippen LogP contribution in [0.2, 0.25) is 0 Å².